The van der Waals surface area contributed by atoms with Crippen molar-refractivity contribution in [2.24, 2.45) is 0 Å². The first-order valence-corrected chi connectivity index (χ1v) is 6.48. The molecule has 0 saturated carbocycles. The van der Waals surface area contributed by atoms with Crippen LogP contribution in [0, 0.1) is 26.6 Å². The van der Waals surface area contributed by atoms with Gasteiger partial charge in [-0.25, -0.2) is 4.39 Å². The lowest BCUT2D eigenvalue weighted by atomic mass is 9.94. The molecule has 1 nitrogen and oxygen atoms in total. The second-order valence-corrected chi connectivity index (χ2v) is 5.12. The second-order valence-electron chi connectivity index (χ2n) is 5.12. The van der Waals surface area contributed by atoms with Gasteiger partial charge in [-0.05, 0) is 43.5 Å². The van der Waals surface area contributed by atoms with E-state index in [1.165, 1.54) is 6.07 Å². The normalized spacial score (nSPS) is 12.5. The van der Waals surface area contributed by atoms with Gasteiger partial charge < -0.3 is 5.11 Å². The van der Waals surface area contributed by atoms with Gasteiger partial charge in [-0.1, -0.05) is 35.9 Å². The van der Waals surface area contributed by atoms with Crippen molar-refractivity contribution < 1.29 is 9.50 Å². The number of hydrogen-bond donors (Lipinski definition) is 1. The summed E-state index contributed by atoms with van der Waals surface area (Å²) in [6.07, 6.45) is -0.363. The highest BCUT2D eigenvalue weighted by Crippen LogP contribution is 2.25. The molecular weight excluding hydrogens is 239 g/mol. The largest absolute Gasteiger partial charge is 0.388 e. The molecule has 0 amide bonds. The molecule has 1 N–H and O–H groups in total. The van der Waals surface area contributed by atoms with Gasteiger partial charge in [0.05, 0.1) is 6.10 Å². The minimum Gasteiger partial charge on any atom is -0.388 e. The number of benzene rings is 2. The average molecular weight is 258 g/mol. The molecule has 0 spiro atoms. The fourth-order valence-corrected chi connectivity index (χ4v) is 2.39. The Labute approximate surface area is 113 Å². The van der Waals surface area contributed by atoms with Crippen LogP contribution in [0.15, 0.2) is 36.4 Å². The summed E-state index contributed by atoms with van der Waals surface area (Å²) in [6.45, 7) is 5.93. The SMILES string of the molecule is Cc1ccc(F)c(C(O)Cc2c(C)cccc2C)c1. The highest BCUT2D eigenvalue weighted by atomic mass is 19.1. The summed E-state index contributed by atoms with van der Waals surface area (Å²) in [5.74, 6) is -0.343. The molecule has 0 heterocycles. The van der Waals surface area contributed by atoms with Crippen LogP contribution in [-0.4, -0.2) is 5.11 Å². The van der Waals surface area contributed by atoms with Crippen molar-refractivity contribution in [3.05, 3.63) is 70.0 Å². The first-order valence-electron chi connectivity index (χ1n) is 6.48. The number of aryl methyl sites for hydroxylation is 3. The molecule has 19 heavy (non-hydrogen) atoms. The third-order valence-corrected chi connectivity index (χ3v) is 3.55. The molecule has 2 aromatic rings. The monoisotopic (exact) mass is 258 g/mol. The number of rotatable bonds is 3. The van der Waals surface area contributed by atoms with Gasteiger partial charge in [0.15, 0.2) is 0 Å². The Morgan fingerprint density at radius 2 is 1.68 bits per heavy atom. The first kappa shape index (κ1) is 13.8. The van der Waals surface area contributed by atoms with Crippen molar-refractivity contribution in [2.75, 3.05) is 0 Å². The van der Waals surface area contributed by atoms with Crippen molar-refractivity contribution in [3.63, 3.8) is 0 Å². The molecule has 0 aliphatic rings. The van der Waals surface area contributed by atoms with Crippen molar-refractivity contribution in [1.82, 2.24) is 0 Å². The summed E-state index contributed by atoms with van der Waals surface area (Å²) < 4.78 is 13.8. The van der Waals surface area contributed by atoms with Gasteiger partial charge in [0.2, 0.25) is 0 Å². The molecule has 0 fully saturated rings. The lowest BCUT2D eigenvalue weighted by Crippen LogP contribution is -2.07. The lowest BCUT2D eigenvalue weighted by molar-refractivity contribution is 0.173. The molecular formula is C17H19FO. The maximum Gasteiger partial charge on any atom is 0.129 e. The second kappa shape index (κ2) is 5.54. The molecule has 2 aromatic carbocycles. The van der Waals surface area contributed by atoms with Crippen molar-refractivity contribution in [1.29, 1.82) is 0 Å². The highest BCUT2D eigenvalue weighted by molar-refractivity contribution is 5.35. The maximum absolute atomic E-state index is 13.8. The van der Waals surface area contributed by atoms with E-state index in [-0.39, 0.29) is 5.82 Å². The molecule has 2 rings (SSSR count). The van der Waals surface area contributed by atoms with Gasteiger partial charge in [-0.3, -0.25) is 0 Å². The molecule has 0 bridgehead atoms. The van der Waals surface area contributed by atoms with Crippen molar-refractivity contribution >= 4 is 0 Å². The zero-order chi connectivity index (χ0) is 14.0. The van der Waals surface area contributed by atoms with Crippen LogP contribution in [0.25, 0.3) is 0 Å². The topological polar surface area (TPSA) is 20.2 Å². The van der Waals surface area contributed by atoms with Crippen LogP contribution in [0.4, 0.5) is 4.39 Å². The van der Waals surface area contributed by atoms with Gasteiger partial charge in [0.25, 0.3) is 0 Å². The van der Waals surface area contributed by atoms with E-state index in [9.17, 15) is 9.50 Å². The molecule has 0 aliphatic carbocycles. The maximum atomic E-state index is 13.8. The van der Waals surface area contributed by atoms with Crippen LogP contribution < -0.4 is 0 Å². The minimum atomic E-state index is -0.806. The van der Waals surface area contributed by atoms with E-state index >= 15 is 0 Å². The first-order chi connectivity index (χ1) is 8.99. The van der Waals surface area contributed by atoms with Gasteiger partial charge in [0, 0.05) is 12.0 Å². The lowest BCUT2D eigenvalue weighted by Gasteiger charge is -2.16. The van der Waals surface area contributed by atoms with Gasteiger partial charge in [-0.15, -0.1) is 0 Å². The van der Waals surface area contributed by atoms with Gasteiger partial charge in [0.1, 0.15) is 5.82 Å². The molecule has 100 valence electrons. The minimum absolute atomic E-state index is 0.343. The number of hydrogen-bond acceptors (Lipinski definition) is 1. The molecule has 0 radical (unpaired) electrons. The Kier molecular flexibility index (Phi) is 4.01. The predicted molar refractivity (Wildman–Crippen MR) is 75.7 cm³/mol. The number of halogens is 1. The molecule has 2 heteroatoms. The van der Waals surface area contributed by atoms with Crippen LogP contribution >= 0.6 is 0 Å². The van der Waals surface area contributed by atoms with E-state index in [2.05, 4.69) is 0 Å². The molecule has 1 atom stereocenters. The Morgan fingerprint density at radius 3 is 2.32 bits per heavy atom. The fraction of sp³-hybridized carbons (Fsp3) is 0.294. The third kappa shape index (κ3) is 3.02. The Morgan fingerprint density at radius 1 is 1.05 bits per heavy atom. The van der Waals surface area contributed by atoms with E-state index in [1.807, 2.05) is 39.0 Å². The van der Waals surface area contributed by atoms with E-state index in [0.29, 0.717) is 12.0 Å². The van der Waals surface area contributed by atoms with Crippen molar-refractivity contribution in [2.45, 2.75) is 33.3 Å². The summed E-state index contributed by atoms with van der Waals surface area (Å²) in [5.41, 5.74) is 4.69. The summed E-state index contributed by atoms with van der Waals surface area (Å²) in [7, 11) is 0. The Hall–Kier alpha value is -1.67. The Bertz CT molecular complexity index is 570. The smallest absolute Gasteiger partial charge is 0.129 e. The molecule has 0 aliphatic heterocycles. The zero-order valence-electron chi connectivity index (χ0n) is 11.6. The van der Waals surface area contributed by atoms with Crippen LogP contribution in [0.3, 0.4) is 0 Å². The summed E-state index contributed by atoms with van der Waals surface area (Å²) in [4.78, 5) is 0. The fourth-order valence-electron chi connectivity index (χ4n) is 2.39. The summed E-state index contributed by atoms with van der Waals surface area (Å²) in [5, 5.41) is 10.3. The van der Waals surface area contributed by atoms with Crippen LogP contribution in [0.5, 0.6) is 0 Å². The highest BCUT2D eigenvalue weighted by Gasteiger charge is 2.15. The quantitative estimate of drug-likeness (QED) is 0.881. The van der Waals surface area contributed by atoms with Gasteiger partial charge >= 0.3 is 0 Å². The van der Waals surface area contributed by atoms with E-state index in [1.54, 1.807) is 12.1 Å². The van der Waals surface area contributed by atoms with Gasteiger partial charge in [-0.2, -0.15) is 0 Å². The number of aliphatic hydroxyl groups excluding tert-OH is 1. The predicted octanol–water partition coefficient (Wildman–Crippen LogP) is 4.03. The Balaban J connectivity index is 2.31. The van der Waals surface area contributed by atoms with Crippen molar-refractivity contribution in [3.8, 4) is 0 Å². The average Bonchev–Trinajstić information content (AvgIpc) is 2.37. The standard InChI is InChI=1S/C17H19FO/c1-11-7-8-16(18)15(9-11)17(19)10-14-12(2)5-4-6-13(14)3/h4-9,17,19H,10H2,1-3H3. The molecule has 0 saturated heterocycles. The van der Waals surface area contributed by atoms with Crippen LogP contribution in [0.2, 0.25) is 0 Å². The summed E-state index contributed by atoms with van der Waals surface area (Å²) in [6, 6.07) is 10.9. The zero-order valence-corrected chi connectivity index (χ0v) is 11.6. The summed E-state index contributed by atoms with van der Waals surface area (Å²) >= 11 is 0. The van der Waals surface area contributed by atoms with E-state index < -0.39 is 6.10 Å². The third-order valence-electron chi connectivity index (χ3n) is 3.55. The van der Waals surface area contributed by atoms with Crippen LogP contribution in [0.1, 0.15) is 33.9 Å². The molecule has 0 aromatic heterocycles. The van der Waals surface area contributed by atoms with E-state index in [4.69, 9.17) is 0 Å². The van der Waals surface area contributed by atoms with Crippen LogP contribution in [-0.2, 0) is 6.42 Å². The molecule has 1 unspecified atom stereocenters. The van der Waals surface area contributed by atoms with E-state index in [0.717, 1.165) is 22.3 Å². The number of aliphatic hydroxyl groups is 1.